The Balaban J connectivity index is 1.33. The van der Waals surface area contributed by atoms with E-state index in [2.05, 4.69) is 16.0 Å². The molecule has 7 aliphatic rings. The van der Waals surface area contributed by atoms with E-state index in [0.717, 1.165) is 26.6 Å². The molecule has 0 radical (unpaired) electrons. The van der Waals surface area contributed by atoms with Crippen LogP contribution in [0.5, 0.6) is 0 Å². The van der Waals surface area contributed by atoms with Crippen LogP contribution in [-0.2, 0) is 57.5 Å². The maximum Gasteiger partial charge on any atom is 0.397 e. The van der Waals surface area contributed by atoms with Crippen molar-refractivity contribution >= 4 is 65.0 Å². The molecule has 3 heterocycles. The molecule has 6 fully saturated rings. The molecule has 2 saturated heterocycles. The van der Waals surface area contributed by atoms with Gasteiger partial charge in [-0.15, -0.1) is 0 Å². The van der Waals surface area contributed by atoms with E-state index in [1.807, 2.05) is 0 Å². The van der Waals surface area contributed by atoms with Crippen LogP contribution in [0.25, 0.3) is 0 Å². The van der Waals surface area contributed by atoms with Crippen LogP contribution in [0.3, 0.4) is 0 Å². The molecule has 4 saturated carbocycles. The number of ether oxygens (including phenoxy) is 1. The standard InChI is InChI=1S/C75H116F10N12O13/c1-12-32-89(5)67(104)55-39-59(99)93(9)53(38-57(78)79)64(101)87-62(43(4)13-2)70(107)91(7)42-60(100)92(8)52-23-16-15-19-33-96(69(52)106)56(36-44-24-27-47(28-25-44)74(80,81)82)68(105)90(6)41-58(98)86-51(29-26-45-34-49(76)61(50(77)35-45)75(83,84)85)66(103)97-40-48(110-14-3)37-54(97)65(102)88-73(30-20-31-73)72(109)95(11)63(71(108)94(55)10)46-21-17-18-22-46/h15-16,43-57,61-63,65,88,102H,12-14,17-42H2,1-11H3,(H,86,98)(H,87,101)/b16-15-/t43-,44?,45?,47?,48+,49?,50?,51-,52-,53-,54-,55-,56-,61?,62-,63-,65?/m0/s1. The van der Waals surface area contributed by atoms with Gasteiger partial charge in [-0.1, -0.05) is 52.2 Å². The normalized spacial score (nSPS) is 32.4. The van der Waals surface area contributed by atoms with E-state index in [1.165, 1.54) is 61.9 Å². The number of hydrogen-bond donors (Lipinski definition) is 4. The highest BCUT2D eigenvalue weighted by Gasteiger charge is 2.56. The van der Waals surface area contributed by atoms with Crippen LogP contribution < -0.4 is 16.0 Å². The molecule has 11 amide bonds. The van der Waals surface area contributed by atoms with Crippen LogP contribution in [-0.4, -0.2) is 300 Å². The topological polar surface area (TPSA) is 282 Å². The zero-order chi connectivity index (χ0) is 81.8. The maximum absolute atomic E-state index is 15.6. The van der Waals surface area contributed by atoms with Gasteiger partial charge in [0.25, 0.3) is 0 Å². The van der Waals surface area contributed by atoms with Crippen LogP contribution in [0.15, 0.2) is 12.2 Å². The summed E-state index contributed by atoms with van der Waals surface area (Å²) in [4.78, 5) is 175. The van der Waals surface area contributed by atoms with E-state index in [1.54, 1.807) is 39.8 Å². The Morgan fingerprint density at radius 3 is 1.88 bits per heavy atom. The van der Waals surface area contributed by atoms with Crippen molar-refractivity contribution in [1.29, 1.82) is 0 Å². The minimum absolute atomic E-state index is 0.0320. The predicted octanol–water partition coefficient (Wildman–Crippen LogP) is 6.53. The molecular formula is C75H116F10N12O13. The van der Waals surface area contributed by atoms with Gasteiger partial charge in [0.15, 0.2) is 0 Å². The molecular weight excluding hydrogens is 1470 g/mol. The molecule has 4 aliphatic carbocycles. The first-order valence-corrected chi connectivity index (χ1v) is 39.0. The summed E-state index contributed by atoms with van der Waals surface area (Å²) < 4.78 is 151. The molecule has 0 aromatic heterocycles. The number of halogens is 10. The van der Waals surface area contributed by atoms with Gasteiger partial charge < -0.3 is 64.6 Å². The number of aliphatic hydroxyl groups is 1. The molecule has 0 aromatic rings. The number of nitrogens with one attached hydrogen (secondary N) is 3. The molecule has 13 atom stereocenters. The van der Waals surface area contributed by atoms with Crippen molar-refractivity contribution in [3.8, 4) is 0 Å². The minimum atomic E-state index is -5.23. The molecule has 4 N–H and O–H groups in total. The molecule has 3 aliphatic heterocycles. The lowest BCUT2D eigenvalue weighted by atomic mass is 9.74. The molecule has 110 heavy (non-hydrogen) atoms. The number of likely N-dealkylation sites (N-methyl/N-ethyl adjacent to an activating group) is 7. The van der Waals surface area contributed by atoms with Crippen LogP contribution >= 0.6 is 0 Å². The summed E-state index contributed by atoms with van der Waals surface area (Å²) in [5, 5.41) is 20.9. The summed E-state index contributed by atoms with van der Waals surface area (Å²) >= 11 is 0. The molecule has 2 bridgehead atoms. The van der Waals surface area contributed by atoms with Gasteiger partial charge in [0.05, 0.1) is 37.6 Å². The Hall–Kier alpha value is -6.91. The first-order chi connectivity index (χ1) is 51.6. The van der Waals surface area contributed by atoms with E-state index in [-0.39, 0.29) is 103 Å². The summed E-state index contributed by atoms with van der Waals surface area (Å²) in [6, 6.07) is -12.6. The van der Waals surface area contributed by atoms with E-state index in [9.17, 15) is 69.0 Å². The Kier molecular flexibility index (Phi) is 32.2. The third-order valence-corrected chi connectivity index (χ3v) is 24.3. The van der Waals surface area contributed by atoms with Crippen molar-refractivity contribution in [2.45, 2.75) is 273 Å². The fraction of sp³-hybridized carbons (Fsp3) is 0.827. The highest BCUT2D eigenvalue weighted by molar-refractivity contribution is 5.99. The van der Waals surface area contributed by atoms with Gasteiger partial charge in [-0.05, 0) is 146 Å². The summed E-state index contributed by atoms with van der Waals surface area (Å²) in [7, 11) is 8.80. The average Bonchev–Trinajstić information content (AvgIpc) is 1.07. The van der Waals surface area contributed by atoms with E-state index < -0.39 is 243 Å². The largest absolute Gasteiger partial charge is 0.397 e. The van der Waals surface area contributed by atoms with Crippen molar-refractivity contribution in [2.24, 2.45) is 35.5 Å². The van der Waals surface area contributed by atoms with Crippen LogP contribution in [0.4, 0.5) is 43.9 Å². The monoisotopic (exact) mass is 1580 g/mol. The summed E-state index contributed by atoms with van der Waals surface area (Å²) in [5.74, 6) is -17.6. The highest BCUT2D eigenvalue weighted by atomic mass is 19.4. The van der Waals surface area contributed by atoms with Crippen LogP contribution in [0.2, 0.25) is 0 Å². The second kappa shape index (κ2) is 39.2. The van der Waals surface area contributed by atoms with Gasteiger partial charge in [0.2, 0.25) is 71.4 Å². The lowest BCUT2D eigenvalue weighted by molar-refractivity contribution is -0.219. The van der Waals surface area contributed by atoms with Crippen molar-refractivity contribution in [2.75, 3.05) is 88.7 Å². The summed E-state index contributed by atoms with van der Waals surface area (Å²) in [6.07, 6.45) is -20.0. The lowest BCUT2D eigenvalue weighted by Crippen LogP contribution is -2.69. The van der Waals surface area contributed by atoms with Crippen molar-refractivity contribution in [3.05, 3.63) is 12.2 Å². The highest BCUT2D eigenvalue weighted by Crippen LogP contribution is 2.46. The third-order valence-electron chi connectivity index (χ3n) is 24.3. The van der Waals surface area contributed by atoms with E-state index in [4.69, 9.17) is 4.74 Å². The fourth-order valence-electron chi connectivity index (χ4n) is 17.3. The number of amides is 11. The SMILES string of the molecule is CCCN(C)C(=O)[C@@H]1CC(=O)N(C)[C@@H](CC(F)F)C(=O)N[C@@H]([C@@H](C)CC)C(=O)N(C)CC(=O)N(C)[C@H]2C/C=C\CCN(C2=O)[C@@H](CC2CCC(C(F)(F)F)CC2)C(=O)N(C)CC(=O)N[C@@H](CCC2CC(F)C(C(F)(F)F)C(F)C2)C(=O)N2C[C@H](OCC)C[C@H]2C(O)NC2(CCC2)C(=O)N(C)[C@@H](C2CCCC2)C(=O)N1C. The Morgan fingerprint density at radius 2 is 1.32 bits per heavy atom. The molecule has 25 nitrogen and oxygen atoms in total. The molecule has 35 heteroatoms. The van der Waals surface area contributed by atoms with Crippen molar-refractivity contribution in [1.82, 2.24) is 60.0 Å². The van der Waals surface area contributed by atoms with Gasteiger partial charge in [0, 0.05) is 82.0 Å². The number of alkyl halides is 10. The fourth-order valence-corrected chi connectivity index (χ4v) is 17.3. The smallest absolute Gasteiger partial charge is 0.377 e. The molecule has 7 rings (SSSR count). The number of carbonyl (C=O) groups excluding carboxylic acids is 11. The minimum Gasteiger partial charge on any atom is -0.377 e. The number of fused-ring (bicyclic) bond motifs is 3. The van der Waals surface area contributed by atoms with Gasteiger partial charge in [0.1, 0.15) is 72.3 Å². The Bertz CT molecular complexity index is 3220. The number of aliphatic hydroxyl groups excluding tert-OH is 1. The summed E-state index contributed by atoms with van der Waals surface area (Å²) in [6.45, 7) is 4.74. The van der Waals surface area contributed by atoms with E-state index >= 15 is 32.8 Å². The number of hydrogen-bond acceptors (Lipinski definition) is 14. The first-order valence-electron chi connectivity index (χ1n) is 39.0. The Morgan fingerprint density at radius 1 is 0.691 bits per heavy atom. The third kappa shape index (κ3) is 22.1. The summed E-state index contributed by atoms with van der Waals surface area (Å²) in [5.41, 5.74) is -1.66. The second-order valence-corrected chi connectivity index (χ2v) is 31.8. The molecule has 0 aromatic carbocycles. The zero-order valence-electron chi connectivity index (χ0n) is 65.3. The predicted molar refractivity (Wildman–Crippen MR) is 382 cm³/mol. The van der Waals surface area contributed by atoms with Gasteiger partial charge in [-0.25, -0.2) is 17.6 Å². The van der Waals surface area contributed by atoms with Crippen LogP contribution in [0.1, 0.15) is 175 Å². The maximum atomic E-state index is 15.6. The molecule has 624 valence electrons. The average molecular weight is 1580 g/mol. The zero-order valence-corrected chi connectivity index (χ0v) is 65.3. The quantitative estimate of drug-likeness (QED) is 0.100. The first kappa shape index (κ1) is 90.3. The number of rotatable bonds is 15. The second-order valence-electron chi connectivity index (χ2n) is 31.8. The van der Waals surface area contributed by atoms with E-state index in [0.29, 0.717) is 43.4 Å². The number of carbonyl (C=O) groups is 11. The van der Waals surface area contributed by atoms with Crippen LogP contribution in [0, 0.1) is 35.5 Å². The molecule has 1 spiro atoms. The van der Waals surface area contributed by atoms with Gasteiger partial charge in [-0.2, -0.15) is 26.3 Å². The Labute approximate surface area is 638 Å². The van der Waals surface area contributed by atoms with Gasteiger partial charge >= 0.3 is 12.4 Å². The van der Waals surface area contributed by atoms with Crippen molar-refractivity contribution < 1.29 is 106 Å². The van der Waals surface area contributed by atoms with Gasteiger partial charge in [-0.3, -0.25) is 58.1 Å². The lowest BCUT2D eigenvalue weighted by Gasteiger charge is -2.48. The number of nitrogens with zero attached hydrogens (tertiary/aromatic N) is 9. The molecule has 3 unspecified atom stereocenters. The van der Waals surface area contributed by atoms with Crippen molar-refractivity contribution in [3.63, 3.8) is 0 Å².